The molecule has 0 amide bonds. The Kier molecular flexibility index (Phi) is 3.04. The maximum Gasteiger partial charge on any atom is 0.427 e. The fraction of sp³-hybridized carbons (Fsp3) is 0.182. The summed E-state index contributed by atoms with van der Waals surface area (Å²) in [7, 11) is 0. The lowest BCUT2D eigenvalue weighted by atomic mass is 10.2. The zero-order chi connectivity index (χ0) is 12.3. The number of hydrogen-bond donors (Lipinski definition) is 1. The van der Waals surface area contributed by atoms with E-state index in [1.54, 1.807) is 31.2 Å². The molecule has 0 radical (unpaired) electrons. The summed E-state index contributed by atoms with van der Waals surface area (Å²) < 4.78 is 10.8. The minimum Gasteiger partial charge on any atom is -0.462 e. The van der Waals surface area contributed by atoms with E-state index >= 15 is 0 Å². The van der Waals surface area contributed by atoms with E-state index in [0.717, 1.165) is 0 Å². The number of esters is 1. The Morgan fingerprint density at radius 1 is 1.41 bits per heavy atom. The maximum absolute atomic E-state index is 11.4. The van der Waals surface area contributed by atoms with Gasteiger partial charge in [0, 0.05) is 12.1 Å². The minimum atomic E-state index is -0.473. The highest BCUT2D eigenvalue weighted by Gasteiger charge is 2.12. The third-order valence-electron chi connectivity index (χ3n) is 2.14. The van der Waals surface area contributed by atoms with Crippen molar-refractivity contribution in [3.8, 4) is 5.69 Å². The van der Waals surface area contributed by atoms with Gasteiger partial charge in [0.1, 0.15) is 0 Å². The Bertz CT molecular complexity index is 568. The van der Waals surface area contributed by atoms with E-state index in [9.17, 15) is 9.59 Å². The van der Waals surface area contributed by atoms with Crippen molar-refractivity contribution in [2.24, 2.45) is 0 Å². The van der Waals surface area contributed by atoms with E-state index in [4.69, 9.17) is 4.74 Å². The van der Waals surface area contributed by atoms with E-state index in [2.05, 4.69) is 9.79 Å². The molecule has 2 rings (SSSR count). The van der Waals surface area contributed by atoms with E-state index in [1.807, 2.05) is 0 Å². The summed E-state index contributed by atoms with van der Waals surface area (Å²) in [5.74, 6) is -0.371. The number of aromatic nitrogens is 2. The summed E-state index contributed by atoms with van der Waals surface area (Å²) in [5, 5.41) is 2.41. The molecule has 6 nitrogen and oxygen atoms in total. The molecule has 0 saturated carbocycles. The van der Waals surface area contributed by atoms with E-state index < -0.39 is 5.63 Å². The lowest BCUT2D eigenvalue weighted by Crippen LogP contribution is -2.32. The Morgan fingerprint density at radius 2 is 2.12 bits per heavy atom. The highest BCUT2D eigenvalue weighted by atomic mass is 16.5. The predicted octanol–water partition coefficient (Wildman–Crippen LogP) is 0.421. The van der Waals surface area contributed by atoms with Gasteiger partial charge in [-0.05, 0) is 29.0 Å². The second kappa shape index (κ2) is 4.65. The summed E-state index contributed by atoms with van der Waals surface area (Å²) in [4.78, 5) is 22.2. The first kappa shape index (κ1) is 11.1. The number of carbonyl (C=O) groups excluding carboxylic acids is 1. The Labute approximate surface area is 96.4 Å². The zero-order valence-electron chi connectivity index (χ0n) is 9.17. The Hall–Kier alpha value is -2.37. The van der Waals surface area contributed by atoms with E-state index in [-0.39, 0.29) is 5.97 Å². The smallest absolute Gasteiger partial charge is 0.427 e. The first-order chi connectivity index (χ1) is 8.20. The molecule has 6 heteroatoms. The van der Waals surface area contributed by atoms with Crippen LogP contribution >= 0.6 is 0 Å². The van der Waals surface area contributed by atoms with Crippen molar-refractivity contribution in [3.63, 3.8) is 0 Å². The molecule has 0 fully saturated rings. The first-order valence-electron chi connectivity index (χ1n) is 5.08. The van der Waals surface area contributed by atoms with Gasteiger partial charge in [0.25, 0.3) is 6.20 Å². The number of carbonyl (C=O) groups is 1. The molecule has 2 aromatic rings. The number of ether oxygens (including phenoxy) is 1. The van der Waals surface area contributed by atoms with E-state index in [0.29, 0.717) is 17.9 Å². The molecule has 0 atom stereocenters. The van der Waals surface area contributed by atoms with Gasteiger partial charge in [-0.2, -0.15) is 0 Å². The van der Waals surface area contributed by atoms with Crippen LogP contribution in [0.15, 0.2) is 39.8 Å². The Balaban J connectivity index is 2.24. The van der Waals surface area contributed by atoms with Crippen LogP contribution in [0.3, 0.4) is 0 Å². The molecular formula is C11H11N2O4+. The number of aromatic amines is 1. The molecule has 0 saturated heterocycles. The number of hydrogen-bond acceptors (Lipinski definition) is 4. The molecule has 0 aliphatic heterocycles. The van der Waals surface area contributed by atoms with Gasteiger partial charge in [0.05, 0.1) is 12.2 Å². The van der Waals surface area contributed by atoms with Gasteiger partial charge < -0.3 is 4.74 Å². The average Bonchev–Trinajstić information content (AvgIpc) is 2.76. The third-order valence-corrected chi connectivity index (χ3v) is 2.14. The van der Waals surface area contributed by atoms with E-state index in [1.165, 1.54) is 10.9 Å². The van der Waals surface area contributed by atoms with Gasteiger partial charge in [0.15, 0.2) is 0 Å². The standard InChI is InChI=1S/C11H10N2O4/c1-2-16-11(15)8-3-5-9(6-4-8)13-7-10(14)17-12-13/h3-7H,2H2,1H3/p+1. The van der Waals surface area contributed by atoms with Crippen LogP contribution in [0.4, 0.5) is 0 Å². The molecule has 0 spiro atoms. The molecule has 0 bridgehead atoms. The number of nitrogens with zero attached hydrogens (tertiary/aromatic N) is 1. The topological polar surface area (TPSA) is 76.2 Å². The molecular weight excluding hydrogens is 224 g/mol. The van der Waals surface area contributed by atoms with Gasteiger partial charge in [-0.3, -0.25) is 4.52 Å². The minimum absolute atomic E-state index is 0.338. The first-order valence-corrected chi connectivity index (χ1v) is 5.08. The number of nitrogens with one attached hydrogen (secondary N) is 1. The van der Waals surface area contributed by atoms with Crippen molar-refractivity contribution in [2.45, 2.75) is 6.92 Å². The van der Waals surface area contributed by atoms with Crippen LogP contribution in [0, 0.1) is 0 Å². The SMILES string of the molecule is CCOC(=O)c1ccc(-[n+]2cc(=O)o[nH]2)cc1. The van der Waals surface area contributed by atoms with Crippen LogP contribution in [0.5, 0.6) is 0 Å². The lowest BCUT2D eigenvalue weighted by molar-refractivity contribution is -0.670. The summed E-state index contributed by atoms with van der Waals surface area (Å²) in [6.07, 6.45) is 1.26. The van der Waals surface area contributed by atoms with Gasteiger partial charge in [0.2, 0.25) is 5.69 Å². The van der Waals surface area contributed by atoms with Gasteiger partial charge in [-0.25, -0.2) is 9.59 Å². The van der Waals surface area contributed by atoms with Crippen LogP contribution in [0.25, 0.3) is 5.69 Å². The lowest BCUT2D eigenvalue weighted by Gasteiger charge is -2.00. The fourth-order valence-corrected chi connectivity index (χ4v) is 1.35. The number of benzene rings is 1. The fourth-order valence-electron chi connectivity index (χ4n) is 1.35. The van der Waals surface area contributed by atoms with Crippen molar-refractivity contribution in [2.75, 3.05) is 6.61 Å². The molecule has 1 aromatic heterocycles. The van der Waals surface area contributed by atoms with Crippen LogP contribution in [0.2, 0.25) is 0 Å². The van der Waals surface area contributed by atoms with Crippen LogP contribution in [0.1, 0.15) is 17.3 Å². The monoisotopic (exact) mass is 235 g/mol. The third kappa shape index (κ3) is 2.41. The highest BCUT2D eigenvalue weighted by molar-refractivity contribution is 5.89. The predicted molar refractivity (Wildman–Crippen MR) is 56.8 cm³/mol. The quantitative estimate of drug-likeness (QED) is 0.618. The van der Waals surface area contributed by atoms with Crippen LogP contribution in [-0.2, 0) is 4.74 Å². The van der Waals surface area contributed by atoms with Crippen molar-refractivity contribution >= 4 is 5.97 Å². The molecule has 1 N–H and O–H groups in total. The maximum atomic E-state index is 11.4. The Morgan fingerprint density at radius 3 is 2.65 bits per heavy atom. The summed E-state index contributed by atoms with van der Waals surface area (Å²) in [6.45, 7) is 2.09. The summed E-state index contributed by atoms with van der Waals surface area (Å²) in [6, 6.07) is 6.59. The summed E-state index contributed by atoms with van der Waals surface area (Å²) in [5.41, 5.74) is 0.672. The molecule has 88 valence electrons. The second-order valence-electron chi connectivity index (χ2n) is 3.28. The van der Waals surface area contributed by atoms with Crippen LogP contribution < -0.4 is 10.3 Å². The molecule has 0 unspecified atom stereocenters. The van der Waals surface area contributed by atoms with Crippen molar-refractivity contribution in [3.05, 3.63) is 46.4 Å². The molecule has 17 heavy (non-hydrogen) atoms. The molecule has 0 aliphatic rings. The van der Waals surface area contributed by atoms with Crippen LogP contribution in [-0.4, -0.2) is 17.8 Å². The summed E-state index contributed by atoms with van der Waals surface area (Å²) >= 11 is 0. The van der Waals surface area contributed by atoms with Crippen molar-refractivity contribution in [1.82, 2.24) is 5.27 Å². The molecule has 1 heterocycles. The largest absolute Gasteiger partial charge is 0.462 e. The average molecular weight is 235 g/mol. The molecule has 1 aromatic carbocycles. The number of rotatable bonds is 3. The normalized spacial score (nSPS) is 10.2. The zero-order valence-corrected chi connectivity index (χ0v) is 9.17. The van der Waals surface area contributed by atoms with Gasteiger partial charge in [-0.1, -0.05) is 0 Å². The molecule has 0 aliphatic carbocycles. The number of H-pyrrole nitrogens is 1. The van der Waals surface area contributed by atoms with Crippen molar-refractivity contribution < 1.29 is 18.7 Å². The highest BCUT2D eigenvalue weighted by Crippen LogP contribution is 2.05. The van der Waals surface area contributed by atoms with Crippen molar-refractivity contribution in [1.29, 1.82) is 0 Å². The van der Waals surface area contributed by atoms with Gasteiger partial charge >= 0.3 is 11.6 Å². The van der Waals surface area contributed by atoms with Gasteiger partial charge in [-0.15, -0.1) is 0 Å². The second-order valence-corrected chi connectivity index (χ2v) is 3.28.